The van der Waals surface area contributed by atoms with E-state index in [1.54, 1.807) is 0 Å². The highest BCUT2D eigenvalue weighted by Crippen LogP contribution is 2.49. The first-order valence-electron chi connectivity index (χ1n) is 3.66. The van der Waals surface area contributed by atoms with Gasteiger partial charge in [0.1, 0.15) is 5.38 Å². The van der Waals surface area contributed by atoms with Gasteiger partial charge in [0.05, 0.1) is 0 Å². The molecule has 0 radical (unpaired) electrons. The zero-order valence-corrected chi connectivity index (χ0v) is 9.71. The third-order valence-corrected chi connectivity index (χ3v) is 2.79. The summed E-state index contributed by atoms with van der Waals surface area (Å²) in [5.41, 5.74) is 0. The van der Waals surface area contributed by atoms with Gasteiger partial charge in [0.15, 0.2) is 0 Å². The van der Waals surface area contributed by atoms with Crippen LogP contribution < -0.4 is 0 Å². The molecule has 104 valence electrons. The van der Waals surface area contributed by atoms with Crippen LogP contribution in [0, 0.1) is 0 Å². The van der Waals surface area contributed by atoms with Gasteiger partial charge < -0.3 is 0 Å². The average Bonchev–Trinajstić information content (AvgIpc) is 1.98. The molecule has 0 aromatic carbocycles. The summed E-state index contributed by atoms with van der Waals surface area (Å²) in [4.78, 5) is 0. The molecule has 0 aliphatic heterocycles. The van der Waals surface area contributed by atoms with Crippen LogP contribution in [0.2, 0.25) is 0 Å². The second-order valence-corrected chi connectivity index (χ2v) is 5.01. The minimum Gasteiger partial charge on any atom is -0.195 e. The second kappa shape index (κ2) is 4.77. The van der Waals surface area contributed by atoms with E-state index >= 15 is 0 Å². The van der Waals surface area contributed by atoms with Gasteiger partial charge in [-0.1, -0.05) is 23.2 Å². The monoisotopic (exact) mass is 332 g/mol. The molecule has 0 aliphatic carbocycles. The van der Waals surface area contributed by atoms with Crippen LogP contribution in [0.3, 0.4) is 0 Å². The molecule has 0 amide bonds. The summed E-state index contributed by atoms with van der Waals surface area (Å²) in [5.74, 6) is -5.53. The quantitative estimate of drug-likeness (QED) is 0.508. The van der Waals surface area contributed by atoms with Crippen molar-refractivity contribution < 1.29 is 35.1 Å². The Morgan fingerprint density at radius 2 is 1.12 bits per heavy atom. The second-order valence-electron chi connectivity index (χ2n) is 2.99. The van der Waals surface area contributed by atoms with Crippen LogP contribution in [0.5, 0.6) is 0 Å². The molecule has 17 heavy (non-hydrogen) atoms. The first-order chi connectivity index (χ1) is 7.13. The minimum atomic E-state index is -6.09. The van der Waals surface area contributed by atoms with E-state index in [-0.39, 0.29) is 0 Å². The fourth-order valence-electron chi connectivity index (χ4n) is 0.647. The van der Waals surface area contributed by atoms with Crippen molar-refractivity contribution in [2.45, 2.75) is 34.4 Å². The van der Waals surface area contributed by atoms with Crippen LogP contribution in [-0.4, -0.2) is 28.0 Å². The Hall–Kier alpha value is 0.310. The predicted octanol–water partition coefficient (Wildman–Crippen LogP) is 4.92. The lowest BCUT2D eigenvalue weighted by Gasteiger charge is -2.29. The van der Waals surface area contributed by atoms with Crippen LogP contribution in [0.4, 0.5) is 35.1 Å². The Morgan fingerprint density at radius 3 is 1.35 bits per heavy atom. The molecule has 1 unspecified atom stereocenters. The van der Waals surface area contributed by atoms with E-state index in [4.69, 9.17) is 0 Å². The van der Waals surface area contributed by atoms with Crippen molar-refractivity contribution in [1.82, 2.24) is 0 Å². The topological polar surface area (TPSA) is 0 Å². The molecule has 0 bridgehead atoms. The van der Waals surface area contributed by atoms with Crippen molar-refractivity contribution >= 4 is 34.8 Å². The maximum absolute atomic E-state index is 12.5. The van der Waals surface area contributed by atoms with E-state index in [1.165, 1.54) is 0 Å². The molecule has 0 N–H and O–H groups in total. The molecule has 1 atom stereocenters. The van der Waals surface area contributed by atoms with Gasteiger partial charge in [-0.3, -0.25) is 0 Å². The molecular weight excluding hydrogens is 330 g/mol. The number of halogens is 11. The Kier molecular flexibility index (Phi) is 4.86. The molecule has 0 saturated carbocycles. The summed E-state index contributed by atoms with van der Waals surface area (Å²) >= 11 is 13.8. The van der Waals surface area contributed by atoms with Crippen molar-refractivity contribution in [3.05, 3.63) is 0 Å². The maximum atomic E-state index is 12.5. The summed E-state index contributed by atoms with van der Waals surface area (Å²) in [6.45, 7) is 0. The molecule has 0 spiro atoms. The van der Waals surface area contributed by atoms with E-state index in [2.05, 4.69) is 34.8 Å². The van der Waals surface area contributed by atoms with E-state index in [0.717, 1.165) is 0 Å². The lowest BCUT2D eigenvalue weighted by atomic mass is 10.1. The Bertz CT molecular complexity index is 267. The van der Waals surface area contributed by atoms with Crippen LogP contribution >= 0.6 is 34.8 Å². The lowest BCUT2D eigenvalue weighted by Crippen LogP contribution is -2.48. The lowest BCUT2D eigenvalue weighted by molar-refractivity contribution is -0.284. The zero-order valence-electron chi connectivity index (χ0n) is 7.44. The average molecular weight is 333 g/mol. The molecule has 0 heterocycles. The van der Waals surface area contributed by atoms with Crippen molar-refractivity contribution in [1.29, 1.82) is 0 Å². The normalized spacial score (nSPS) is 17.1. The highest BCUT2D eigenvalue weighted by atomic mass is 35.5. The molecule has 11 heteroatoms. The van der Waals surface area contributed by atoms with Crippen LogP contribution in [0.1, 0.15) is 6.42 Å². The molecule has 0 aromatic rings. The summed E-state index contributed by atoms with van der Waals surface area (Å²) < 4.78 is 92.6. The van der Waals surface area contributed by atoms with Gasteiger partial charge >= 0.3 is 18.3 Å². The van der Waals surface area contributed by atoms with Gasteiger partial charge in [-0.15, -0.1) is 11.6 Å². The standard InChI is InChI=1S/C6H3Cl3F8/c7-2(4(10,11)6(15,16)17)1-3(8,9)5(12,13)14/h2H,1H2. The highest BCUT2D eigenvalue weighted by molar-refractivity contribution is 6.49. The summed E-state index contributed by atoms with van der Waals surface area (Å²) in [5, 5.41) is -3.24. The molecule has 0 aliphatic rings. The Balaban J connectivity index is 4.95. The summed E-state index contributed by atoms with van der Waals surface area (Å²) in [7, 11) is 0. The van der Waals surface area contributed by atoms with E-state index in [0.29, 0.717) is 0 Å². The van der Waals surface area contributed by atoms with Crippen molar-refractivity contribution in [3.8, 4) is 0 Å². The van der Waals surface area contributed by atoms with Crippen LogP contribution in [0.15, 0.2) is 0 Å². The fraction of sp³-hybridized carbons (Fsp3) is 1.00. The molecule has 0 saturated heterocycles. The number of rotatable bonds is 3. The Labute approximate surface area is 105 Å². The van der Waals surface area contributed by atoms with E-state index in [9.17, 15) is 35.1 Å². The van der Waals surface area contributed by atoms with Gasteiger partial charge in [0.25, 0.3) is 0 Å². The van der Waals surface area contributed by atoms with Gasteiger partial charge in [-0.05, 0) is 0 Å². The van der Waals surface area contributed by atoms with Crippen LogP contribution in [0.25, 0.3) is 0 Å². The number of alkyl halides is 11. The largest absolute Gasteiger partial charge is 0.454 e. The number of hydrogen-bond acceptors (Lipinski definition) is 0. The van der Waals surface area contributed by atoms with Crippen molar-refractivity contribution in [2.75, 3.05) is 0 Å². The SMILES string of the molecule is FC(F)(F)C(Cl)(Cl)CC(Cl)C(F)(F)C(F)(F)F. The fourth-order valence-corrected chi connectivity index (χ4v) is 1.47. The van der Waals surface area contributed by atoms with E-state index in [1.807, 2.05) is 0 Å². The van der Waals surface area contributed by atoms with Gasteiger partial charge in [0, 0.05) is 6.42 Å². The molecule has 0 fully saturated rings. The minimum absolute atomic E-state index is 2.01. The smallest absolute Gasteiger partial charge is 0.195 e. The first-order valence-corrected chi connectivity index (χ1v) is 4.85. The van der Waals surface area contributed by atoms with E-state index < -0.39 is 34.4 Å². The molecular formula is C6H3Cl3F8. The first kappa shape index (κ1) is 17.3. The third kappa shape index (κ3) is 3.89. The highest BCUT2D eigenvalue weighted by Gasteiger charge is 2.65. The zero-order chi connectivity index (χ0) is 14.3. The molecule has 0 nitrogen and oxygen atoms in total. The van der Waals surface area contributed by atoms with Crippen molar-refractivity contribution in [3.63, 3.8) is 0 Å². The van der Waals surface area contributed by atoms with Gasteiger partial charge in [-0.25, -0.2) is 0 Å². The summed E-state index contributed by atoms with van der Waals surface area (Å²) in [6.07, 6.45) is -13.5. The maximum Gasteiger partial charge on any atom is 0.454 e. The van der Waals surface area contributed by atoms with Gasteiger partial charge in [-0.2, -0.15) is 35.1 Å². The van der Waals surface area contributed by atoms with Crippen molar-refractivity contribution in [2.24, 2.45) is 0 Å². The Morgan fingerprint density at radius 1 is 0.765 bits per heavy atom. The molecule has 0 aromatic heterocycles. The van der Waals surface area contributed by atoms with Gasteiger partial charge in [0.2, 0.25) is 4.33 Å². The third-order valence-electron chi connectivity index (χ3n) is 1.62. The number of hydrogen-bond donors (Lipinski definition) is 0. The predicted molar refractivity (Wildman–Crippen MR) is 45.8 cm³/mol. The summed E-state index contributed by atoms with van der Waals surface area (Å²) in [6, 6.07) is 0. The van der Waals surface area contributed by atoms with Crippen LogP contribution in [-0.2, 0) is 0 Å². The molecule has 0 rings (SSSR count).